The minimum absolute atomic E-state index is 0.323. The maximum absolute atomic E-state index is 12.4. The van der Waals surface area contributed by atoms with Gasteiger partial charge in [0.25, 0.3) is 0 Å². The predicted octanol–water partition coefficient (Wildman–Crippen LogP) is 5.80. The van der Waals surface area contributed by atoms with Gasteiger partial charge in [0, 0.05) is 12.2 Å². The van der Waals surface area contributed by atoms with E-state index in [2.05, 4.69) is 6.58 Å². The van der Waals surface area contributed by atoms with Crippen molar-refractivity contribution in [1.29, 1.82) is 0 Å². The van der Waals surface area contributed by atoms with Gasteiger partial charge < -0.3 is 18.9 Å². The number of hydrogen-bond donors (Lipinski definition) is 0. The van der Waals surface area contributed by atoms with Crippen molar-refractivity contribution in [3.63, 3.8) is 0 Å². The van der Waals surface area contributed by atoms with Crippen LogP contribution in [0.1, 0.15) is 35.2 Å². The van der Waals surface area contributed by atoms with Crippen molar-refractivity contribution in [2.45, 2.75) is 19.3 Å². The summed E-state index contributed by atoms with van der Waals surface area (Å²) in [6.07, 6.45) is 6.58. The standard InChI is InChI=1S/C30H28O7/c1-2-28(31)35-22-8-4-7-21-34-25-14-12-24(13-15-25)30(33)37-27-18-16-26(17-19-27)36-29(32)20-11-23-9-5-3-6-10-23/h2-3,5-6,9-20H,1,4,7-8,21-22H2/b20-11+. The first-order chi connectivity index (χ1) is 18.0. The summed E-state index contributed by atoms with van der Waals surface area (Å²) < 4.78 is 21.2. The van der Waals surface area contributed by atoms with Crippen molar-refractivity contribution in [2.24, 2.45) is 0 Å². The molecule has 0 fully saturated rings. The van der Waals surface area contributed by atoms with Crippen molar-refractivity contribution < 1.29 is 33.3 Å². The van der Waals surface area contributed by atoms with Crippen molar-refractivity contribution in [1.82, 2.24) is 0 Å². The van der Waals surface area contributed by atoms with Gasteiger partial charge in [0.2, 0.25) is 0 Å². The highest BCUT2D eigenvalue weighted by Gasteiger charge is 2.10. The molecular weight excluding hydrogens is 472 g/mol. The van der Waals surface area contributed by atoms with Crippen LogP contribution in [0.25, 0.3) is 6.08 Å². The van der Waals surface area contributed by atoms with Crippen LogP contribution in [0.4, 0.5) is 0 Å². The van der Waals surface area contributed by atoms with Crippen LogP contribution in [0.2, 0.25) is 0 Å². The lowest BCUT2D eigenvalue weighted by atomic mass is 10.2. The zero-order valence-electron chi connectivity index (χ0n) is 20.3. The Balaban J connectivity index is 1.38. The van der Waals surface area contributed by atoms with E-state index in [9.17, 15) is 14.4 Å². The fourth-order valence-corrected chi connectivity index (χ4v) is 3.11. The molecule has 0 aromatic heterocycles. The lowest BCUT2D eigenvalue weighted by molar-refractivity contribution is -0.137. The van der Waals surface area contributed by atoms with Gasteiger partial charge in [-0.1, -0.05) is 36.9 Å². The lowest BCUT2D eigenvalue weighted by Gasteiger charge is -2.08. The zero-order valence-corrected chi connectivity index (χ0v) is 20.3. The van der Waals surface area contributed by atoms with E-state index in [1.165, 1.54) is 6.08 Å². The lowest BCUT2D eigenvalue weighted by Crippen LogP contribution is -2.09. The van der Waals surface area contributed by atoms with Crippen molar-refractivity contribution in [3.05, 3.63) is 109 Å². The van der Waals surface area contributed by atoms with E-state index in [-0.39, 0.29) is 0 Å². The van der Waals surface area contributed by atoms with Crippen molar-refractivity contribution in [3.8, 4) is 17.2 Å². The molecule has 0 saturated carbocycles. The number of carbonyl (C=O) groups excluding carboxylic acids is 3. The summed E-state index contributed by atoms with van der Waals surface area (Å²) >= 11 is 0. The van der Waals surface area contributed by atoms with Gasteiger partial charge in [0.1, 0.15) is 17.2 Å². The van der Waals surface area contributed by atoms with Crippen LogP contribution in [0.3, 0.4) is 0 Å². The molecule has 3 rings (SSSR count). The van der Waals surface area contributed by atoms with E-state index in [4.69, 9.17) is 18.9 Å². The highest BCUT2D eigenvalue weighted by molar-refractivity contribution is 5.91. The summed E-state index contributed by atoms with van der Waals surface area (Å²) in [6, 6.07) is 22.3. The molecule has 7 heteroatoms. The second-order valence-electron chi connectivity index (χ2n) is 7.83. The molecule has 7 nitrogen and oxygen atoms in total. The normalized spacial score (nSPS) is 10.5. The average molecular weight is 501 g/mol. The molecule has 190 valence electrons. The number of ether oxygens (including phenoxy) is 4. The molecule has 0 saturated heterocycles. The van der Waals surface area contributed by atoms with Gasteiger partial charge in [-0.05, 0) is 79.4 Å². The van der Waals surface area contributed by atoms with E-state index in [1.807, 2.05) is 30.3 Å². The van der Waals surface area contributed by atoms with E-state index < -0.39 is 17.9 Å². The Morgan fingerprint density at radius 1 is 0.676 bits per heavy atom. The molecule has 0 aliphatic rings. The summed E-state index contributed by atoms with van der Waals surface area (Å²) in [6.45, 7) is 4.22. The number of esters is 3. The molecule has 0 radical (unpaired) electrons. The Morgan fingerprint density at radius 2 is 1.30 bits per heavy atom. The number of unbranched alkanes of at least 4 members (excludes halogenated alkanes) is 2. The van der Waals surface area contributed by atoms with Crippen LogP contribution in [0, 0.1) is 0 Å². The highest BCUT2D eigenvalue weighted by Crippen LogP contribution is 2.20. The van der Waals surface area contributed by atoms with Gasteiger partial charge >= 0.3 is 17.9 Å². The molecule has 0 spiro atoms. The third kappa shape index (κ3) is 9.85. The number of rotatable bonds is 13. The molecule has 0 heterocycles. The molecule has 0 N–H and O–H groups in total. The van der Waals surface area contributed by atoms with Crippen LogP contribution in [-0.2, 0) is 14.3 Å². The Morgan fingerprint density at radius 3 is 1.97 bits per heavy atom. The summed E-state index contributed by atoms with van der Waals surface area (Å²) in [5.74, 6) is -0.145. The van der Waals surface area contributed by atoms with Gasteiger partial charge in [-0.25, -0.2) is 14.4 Å². The Hall–Kier alpha value is -4.65. The quantitative estimate of drug-likeness (QED) is 0.127. The zero-order chi connectivity index (χ0) is 26.3. The van der Waals surface area contributed by atoms with Crippen LogP contribution in [-0.4, -0.2) is 31.1 Å². The average Bonchev–Trinajstić information content (AvgIpc) is 2.93. The van der Waals surface area contributed by atoms with E-state index in [0.717, 1.165) is 30.9 Å². The fraction of sp³-hybridized carbons (Fsp3) is 0.167. The molecule has 0 bridgehead atoms. The second-order valence-corrected chi connectivity index (χ2v) is 7.83. The minimum atomic E-state index is -0.517. The summed E-state index contributed by atoms with van der Waals surface area (Å²) in [4.78, 5) is 35.4. The van der Waals surface area contributed by atoms with Crippen LogP contribution in [0.15, 0.2) is 97.6 Å². The first kappa shape index (κ1) is 26.9. The summed E-state index contributed by atoms with van der Waals surface area (Å²) in [7, 11) is 0. The largest absolute Gasteiger partial charge is 0.494 e. The molecule has 0 amide bonds. The number of hydrogen-bond acceptors (Lipinski definition) is 7. The van der Waals surface area contributed by atoms with Gasteiger partial charge in [0.15, 0.2) is 0 Å². The molecule has 37 heavy (non-hydrogen) atoms. The first-order valence-electron chi connectivity index (χ1n) is 11.8. The van der Waals surface area contributed by atoms with Gasteiger partial charge in [-0.3, -0.25) is 0 Å². The fourth-order valence-electron chi connectivity index (χ4n) is 3.11. The van der Waals surface area contributed by atoms with Crippen LogP contribution >= 0.6 is 0 Å². The molecule has 3 aromatic rings. The molecule has 0 aliphatic heterocycles. The van der Waals surface area contributed by atoms with E-state index >= 15 is 0 Å². The predicted molar refractivity (Wildman–Crippen MR) is 139 cm³/mol. The first-order valence-corrected chi connectivity index (χ1v) is 11.8. The highest BCUT2D eigenvalue weighted by atomic mass is 16.5. The topological polar surface area (TPSA) is 88.1 Å². The number of benzene rings is 3. The summed E-state index contributed by atoms with van der Waals surface area (Å²) in [5.41, 5.74) is 1.26. The molecular formula is C30H28O7. The Bertz CT molecular complexity index is 1200. The molecule has 0 unspecified atom stereocenters. The Kier molecular flexibility index (Phi) is 10.7. The van der Waals surface area contributed by atoms with E-state index in [1.54, 1.807) is 54.6 Å². The molecule has 0 atom stereocenters. The Labute approximate surface area is 215 Å². The SMILES string of the molecule is C=CC(=O)OCCCCCOc1ccc(C(=O)Oc2ccc(OC(=O)/C=C/c3ccccc3)cc2)cc1. The second kappa shape index (κ2) is 14.7. The smallest absolute Gasteiger partial charge is 0.343 e. The van der Waals surface area contributed by atoms with Gasteiger partial charge in [0.05, 0.1) is 18.8 Å². The van der Waals surface area contributed by atoms with Gasteiger partial charge in [-0.2, -0.15) is 0 Å². The van der Waals surface area contributed by atoms with Gasteiger partial charge in [-0.15, -0.1) is 0 Å². The third-order valence-corrected chi connectivity index (χ3v) is 5.02. The van der Waals surface area contributed by atoms with Crippen molar-refractivity contribution >= 4 is 24.0 Å². The van der Waals surface area contributed by atoms with Crippen LogP contribution < -0.4 is 14.2 Å². The third-order valence-electron chi connectivity index (χ3n) is 5.02. The molecule has 0 aliphatic carbocycles. The monoisotopic (exact) mass is 500 g/mol. The maximum Gasteiger partial charge on any atom is 0.343 e. The number of carbonyl (C=O) groups is 3. The van der Waals surface area contributed by atoms with Crippen LogP contribution in [0.5, 0.6) is 17.2 Å². The summed E-state index contributed by atoms with van der Waals surface area (Å²) in [5, 5.41) is 0. The maximum atomic E-state index is 12.4. The molecule has 3 aromatic carbocycles. The minimum Gasteiger partial charge on any atom is -0.494 e. The van der Waals surface area contributed by atoms with E-state index in [0.29, 0.717) is 36.0 Å². The van der Waals surface area contributed by atoms with Crippen molar-refractivity contribution in [2.75, 3.05) is 13.2 Å².